The third-order valence-corrected chi connectivity index (χ3v) is 5.01. The SMILES string of the molecule is Cc1ccc(N2C(=O)N(CC(=O)N3CCCCCC3)C(=O)C2C)cc1. The fourth-order valence-corrected chi connectivity index (χ4v) is 3.47. The van der Waals surface area contributed by atoms with E-state index in [1.807, 2.05) is 31.2 Å². The van der Waals surface area contributed by atoms with Gasteiger partial charge >= 0.3 is 6.03 Å². The third-order valence-electron chi connectivity index (χ3n) is 5.01. The Labute approximate surface area is 148 Å². The molecule has 0 N–H and O–H groups in total. The first-order valence-corrected chi connectivity index (χ1v) is 8.98. The highest BCUT2D eigenvalue weighted by Gasteiger charge is 2.44. The number of nitrogens with zero attached hydrogens (tertiary/aromatic N) is 3. The number of aryl methyl sites for hydroxylation is 1. The molecule has 0 aliphatic carbocycles. The Hall–Kier alpha value is -2.37. The minimum absolute atomic E-state index is 0.137. The van der Waals surface area contributed by atoms with Crippen LogP contribution in [0, 0.1) is 6.92 Å². The summed E-state index contributed by atoms with van der Waals surface area (Å²) in [5.41, 5.74) is 1.77. The molecule has 0 aromatic heterocycles. The highest BCUT2D eigenvalue weighted by atomic mass is 16.2. The van der Waals surface area contributed by atoms with Gasteiger partial charge in [0.25, 0.3) is 5.91 Å². The van der Waals surface area contributed by atoms with Crippen molar-refractivity contribution in [2.75, 3.05) is 24.5 Å². The predicted octanol–water partition coefficient (Wildman–Crippen LogP) is 2.55. The summed E-state index contributed by atoms with van der Waals surface area (Å²) in [4.78, 5) is 42.2. The molecule has 0 bridgehead atoms. The van der Waals surface area contributed by atoms with Gasteiger partial charge in [0.1, 0.15) is 12.6 Å². The first kappa shape index (κ1) is 17.5. The van der Waals surface area contributed by atoms with Gasteiger partial charge in [0.05, 0.1) is 0 Å². The molecule has 6 heteroatoms. The fraction of sp³-hybridized carbons (Fsp3) is 0.526. The average molecular weight is 343 g/mol. The number of urea groups is 1. The van der Waals surface area contributed by atoms with Gasteiger partial charge in [-0.3, -0.25) is 19.4 Å². The van der Waals surface area contributed by atoms with E-state index in [9.17, 15) is 14.4 Å². The molecular formula is C19H25N3O3. The van der Waals surface area contributed by atoms with Crippen molar-refractivity contribution in [1.82, 2.24) is 9.80 Å². The monoisotopic (exact) mass is 343 g/mol. The Balaban J connectivity index is 1.73. The molecule has 1 aromatic rings. The quantitative estimate of drug-likeness (QED) is 0.793. The molecule has 1 unspecified atom stereocenters. The molecule has 25 heavy (non-hydrogen) atoms. The van der Waals surface area contributed by atoms with Crippen LogP contribution in [-0.4, -0.2) is 53.3 Å². The van der Waals surface area contributed by atoms with Crippen molar-refractivity contribution in [3.05, 3.63) is 29.8 Å². The van der Waals surface area contributed by atoms with E-state index in [1.54, 1.807) is 11.8 Å². The van der Waals surface area contributed by atoms with Gasteiger partial charge in [-0.05, 0) is 38.8 Å². The zero-order chi connectivity index (χ0) is 18.0. The van der Waals surface area contributed by atoms with Gasteiger partial charge in [0, 0.05) is 18.8 Å². The zero-order valence-electron chi connectivity index (χ0n) is 14.9. The number of benzene rings is 1. The van der Waals surface area contributed by atoms with E-state index < -0.39 is 12.1 Å². The molecule has 2 aliphatic heterocycles. The van der Waals surface area contributed by atoms with Crippen LogP contribution in [0.1, 0.15) is 38.2 Å². The fourth-order valence-electron chi connectivity index (χ4n) is 3.47. The molecule has 1 atom stereocenters. The van der Waals surface area contributed by atoms with Crippen molar-refractivity contribution in [1.29, 1.82) is 0 Å². The van der Waals surface area contributed by atoms with Crippen molar-refractivity contribution < 1.29 is 14.4 Å². The molecule has 2 heterocycles. The first-order valence-electron chi connectivity index (χ1n) is 8.98. The van der Waals surface area contributed by atoms with Crippen LogP contribution < -0.4 is 4.90 Å². The molecule has 1 aromatic carbocycles. The first-order chi connectivity index (χ1) is 12.0. The molecule has 2 aliphatic rings. The molecule has 0 radical (unpaired) electrons. The minimum atomic E-state index is -0.591. The normalized spacial score (nSPS) is 21.7. The maximum absolute atomic E-state index is 12.8. The topological polar surface area (TPSA) is 60.9 Å². The molecule has 2 fully saturated rings. The van der Waals surface area contributed by atoms with Gasteiger partial charge < -0.3 is 4.90 Å². The summed E-state index contributed by atoms with van der Waals surface area (Å²) in [5, 5.41) is 0. The molecule has 4 amide bonds. The van der Waals surface area contributed by atoms with Gasteiger partial charge in [0.2, 0.25) is 5.91 Å². The Kier molecular flexibility index (Phi) is 5.06. The van der Waals surface area contributed by atoms with E-state index in [-0.39, 0.29) is 18.4 Å². The molecule has 3 rings (SSSR count). The summed E-state index contributed by atoms with van der Waals surface area (Å²) in [5.74, 6) is -0.449. The Bertz CT molecular complexity index is 663. The molecule has 6 nitrogen and oxygen atoms in total. The Morgan fingerprint density at radius 2 is 1.64 bits per heavy atom. The van der Waals surface area contributed by atoms with Gasteiger partial charge in [-0.15, -0.1) is 0 Å². The lowest BCUT2D eigenvalue weighted by atomic mass is 10.2. The van der Waals surface area contributed by atoms with E-state index in [4.69, 9.17) is 0 Å². The van der Waals surface area contributed by atoms with E-state index >= 15 is 0 Å². The van der Waals surface area contributed by atoms with Crippen LogP contribution in [0.5, 0.6) is 0 Å². The lowest BCUT2D eigenvalue weighted by molar-refractivity contribution is -0.137. The van der Waals surface area contributed by atoms with E-state index in [0.717, 1.165) is 36.1 Å². The van der Waals surface area contributed by atoms with Crippen LogP contribution in [0.25, 0.3) is 0 Å². The largest absolute Gasteiger partial charge is 0.341 e. The van der Waals surface area contributed by atoms with Crippen molar-refractivity contribution in [2.24, 2.45) is 0 Å². The highest BCUT2D eigenvalue weighted by molar-refractivity contribution is 6.15. The molecule has 0 saturated carbocycles. The number of likely N-dealkylation sites (tertiary alicyclic amines) is 1. The maximum Gasteiger partial charge on any atom is 0.332 e. The van der Waals surface area contributed by atoms with Crippen molar-refractivity contribution >= 4 is 23.5 Å². The maximum atomic E-state index is 12.8. The average Bonchev–Trinajstić information content (AvgIpc) is 2.83. The number of hydrogen-bond acceptors (Lipinski definition) is 3. The standard InChI is InChI=1S/C19H25N3O3/c1-14-7-9-16(10-8-14)22-15(2)18(24)21(19(22)25)13-17(23)20-11-5-3-4-6-12-20/h7-10,15H,3-6,11-13H2,1-2H3. The number of anilines is 1. The summed E-state index contributed by atoms with van der Waals surface area (Å²) < 4.78 is 0. The van der Waals surface area contributed by atoms with Crippen LogP contribution in [0.15, 0.2) is 24.3 Å². The molecule has 2 saturated heterocycles. The Morgan fingerprint density at radius 1 is 1.04 bits per heavy atom. The minimum Gasteiger partial charge on any atom is -0.341 e. The lowest BCUT2D eigenvalue weighted by Gasteiger charge is -2.23. The number of carbonyl (C=O) groups is 3. The van der Waals surface area contributed by atoms with E-state index in [1.165, 1.54) is 4.90 Å². The second-order valence-corrected chi connectivity index (χ2v) is 6.88. The Morgan fingerprint density at radius 3 is 2.24 bits per heavy atom. The van der Waals surface area contributed by atoms with Crippen LogP contribution in [-0.2, 0) is 9.59 Å². The summed E-state index contributed by atoms with van der Waals surface area (Å²) in [6.07, 6.45) is 4.23. The molecular weight excluding hydrogens is 318 g/mol. The summed E-state index contributed by atoms with van der Waals surface area (Å²) in [7, 11) is 0. The number of imide groups is 1. The van der Waals surface area contributed by atoms with Crippen LogP contribution in [0.2, 0.25) is 0 Å². The number of amides is 4. The van der Waals surface area contributed by atoms with Crippen LogP contribution >= 0.6 is 0 Å². The van der Waals surface area contributed by atoms with Crippen LogP contribution in [0.3, 0.4) is 0 Å². The smallest absolute Gasteiger partial charge is 0.332 e. The summed E-state index contributed by atoms with van der Waals surface area (Å²) >= 11 is 0. The van der Waals surface area contributed by atoms with Crippen molar-refractivity contribution in [3.8, 4) is 0 Å². The molecule has 134 valence electrons. The van der Waals surface area contributed by atoms with E-state index in [2.05, 4.69) is 0 Å². The summed E-state index contributed by atoms with van der Waals surface area (Å²) in [6.45, 7) is 4.94. The zero-order valence-corrected chi connectivity index (χ0v) is 14.9. The third kappa shape index (κ3) is 3.52. The van der Waals surface area contributed by atoms with Crippen molar-refractivity contribution in [2.45, 2.75) is 45.6 Å². The van der Waals surface area contributed by atoms with Gasteiger partial charge in [-0.2, -0.15) is 0 Å². The predicted molar refractivity (Wildman–Crippen MR) is 95.3 cm³/mol. The number of carbonyl (C=O) groups excluding carboxylic acids is 3. The second kappa shape index (κ2) is 7.25. The second-order valence-electron chi connectivity index (χ2n) is 6.88. The number of hydrogen-bond donors (Lipinski definition) is 0. The van der Waals surface area contributed by atoms with E-state index in [0.29, 0.717) is 18.8 Å². The van der Waals surface area contributed by atoms with Crippen molar-refractivity contribution in [3.63, 3.8) is 0 Å². The lowest BCUT2D eigenvalue weighted by Crippen LogP contribution is -2.43. The van der Waals surface area contributed by atoms with Gasteiger partial charge in [-0.1, -0.05) is 30.5 Å². The van der Waals surface area contributed by atoms with Crippen LogP contribution in [0.4, 0.5) is 10.5 Å². The highest BCUT2D eigenvalue weighted by Crippen LogP contribution is 2.26. The number of rotatable bonds is 3. The molecule has 0 spiro atoms. The van der Waals surface area contributed by atoms with Gasteiger partial charge in [0.15, 0.2) is 0 Å². The summed E-state index contributed by atoms with van der Waals surface area (Å²) in [6, 6.07) is 6.47. The van der Waals surface area contributed by atoms with Gasteiger partial charge in [-0.25, -0.2) is 4.79 Å².